The molecule has 0 unspecified atom stereocenters. The molecule has 0 atom stereocenters. The van der Waals surface area contributed by atoms with Gasteiger partial charge < -0.3 is 24.3 Å². The number of hydrogen-bond donors (Lipinski definition) is 1. The van der Waals surface area contributed by atoms with Crippen LogP contribution in [-0.2, 0) is 6.42 Å². The SMILES string of the molecule is O=C(NCCOc1ccc2c(c1)OCO2)c1ccc2c(c1)CCO2. The van der Waals surface area contributed by atoms with E-state index in [1.165, 1.54) is 0 Å². The maximum absolute atomic E-state index is 12.2. The minimum Gasteiger partial charge on any atom is -0.493 e. The molecule has 2 aliphatic heterocycles. The third-order valence-electron chi connectivity index (χ3n) is 3.95. The standard InChI is InChI=1S/C18H17NO5/c20-18(13-1-3-15-12(9-13)5-7-22-15)19-6-8-21-14-2-4-16-17(10-14)24-11-23-16/h1-4,9-10H,5-8,11H2,(H,19,20). The van der Waals surface area contributed by atoms with Crippen molar-refractivity contribution in [3.05, 3.63) is 47.5 Å². The van der Waals surface area contributed by atoms with Gasteiger partial charge in [-0.25, -0.2) is 0 Å². The molecule has 24 heavy (non-hydrogen) atoms. The third-order valence-corrected chi connectivity index (χ3v) is 3.95. The summed E-state index contributed by atoms with van der Waals surface area (Å²) in [6.45, 7) is 1.71. The summed E-state index contributed by atoms with van der Waals surface area (Å²) in [7, 11) is 0. The number of hydrogen-bond acceptors (Lipinski definition) is 5. The van der Waals surface area contributed by atoms with Gasteiger partial charge in [-0.05, 0) is 35.9 Å². The summed E-state index contributed by atoms with van der Waals surface area (Å²) in [4.78, 5) is 12.2. The number of nitrogens with one attached hydrogen (secondary N) is 1. The molecule has 0 bridgehead atoms. The molecule has 0 saturated carbocycles. The van der Waals surface area contributed by atoms with Gasteiger partial charge in [-0.1, -0.05) is 0 Å². The van der Waals surface area contributed by atoms with Gasteiger partial charge >= 0.3 is 0 Å². The van der Waals surface area contributed by atoms with Gasteiger partial charge in [0.1, 0.15) is 18.1 Å². The van der Waals surface area contributed by atoms with Gasteiger partial charge in [0.05, 0.1) is 13.2 Å². The molecule has 6 nitrogen and oxygen atoms in total. The van der Waals surface area contributed by atoms with Crippen molar-refractivity contribution in [2.75, 3.05) is 26.6 Å². The van der Waals surface area contributed by atoms with Gasteiger partial charge in [0.25, 0.3) is 5.91 Å². The molecule has 2 aromatic rings. The van der Waals surface area contributed by atoms with E-state index in [-0.39, 0.29) is 12.7 Å². The first-order valence-corrected chi connectivity index (χ1v) is 7.86. The molecule has 0 spiro atoms. The first-order valence-electron chi connectivity index (χ1n) is 7.86. The molecule has 1 amide bonds. The topological polar surface area (TPSA) is 66.0 Å². The first-order chi connectivity index (χ1) is 11.8. The molecule has 2 aromatic carbocycles. The number of fused-ring (bicyclic) bond motifs is 2. The maximum Gasteiger partial charge on any atom is 0.251 e. The lowest BCUT2D eigenvalue weighted by Crippen LogP contribution is -2.28. The van der Waals surface area contributed by atoms with E-state index in [4.69, 9.17) is 18.9 Å². The lowest BCUT2D eigenvalue weighted by atomic mass is 10.1. The molecule has 0 aromatic heterocycles. The second-order valence-corrected chi connectivity index (χ2v) is 5.54. The molecular formula is C18H17NO5. The van der Waals surface area contributed by atoms with Crippen molar-refractivity contribution >= 4 is 5.91 Å². The number of amides is 1. The van der Waals surface area contributed by atoms with E-state index in [2.05, 4.69) is 5.32 Å². The second-order valence-electron chi connectivity index (χ2n) is 5.54. The van der Waals surface area contributed by atoms with Crippen LogP contribution in [0.15, 0.2) is 36.4 Å². The van der Waals surface area contributed by atoms with E-state index in [1.54, 1.807) is 12.1 Å². The minimum atomic E-state index is -0.112. The summed E-state index contributed by atoms with van der Waals surface area (Å²) < 4.78 is 21.6. The predicted molar refractivity (Wildman–Crippen MR) is 86.0 cm³/mol. The van der Waals surface area contributed by atoms with Crippen LogP contribution in [0.25, 0.3) is 0 Å². The Bertz CT molecular complexity index is 774. The van der Waals surface area contributed by atoms with Gasteiger partial charge in [-0.2, -0.15) is 0 Å². The summed E-state index contributed by atoms with van der Waals surface area (Å²) in [6.07, 6.45) is 0.851. The molecule has 4 rings (SSSR count). The van der Waals surface area contributed by atoms with Crippen LogP contribution in [0.5, 0.6) is 23.0 Å². The van der Waals surface area contributed by atoms with Crippen molar-refractivity contribution in [1.82, 2.24) is 5.32 Å². The Kier molecular flexibility index (Phi) is 3.86. The molecule has 2 aliphatic rings. The summed E-state index contributed by atoms with van der Waals surface area (Å²) in [6, 6.07) is 10.9. The highest BCUT2D eigenvalue weighted by molar-refractivity contribution is 5.94. The molecular weight excluding hydrogens is 310 g/mol. The number of carbonyl (C=O) groups excluding carboxylic acids is 1. The molecule has 0 radical (unpaired) electrons. The molecule has 6 heteroatoms. The Hall–Kier alpha value is -2.89. The molecule has 0 aliphatic carbocycles. The van der Waals surface area contributed by atoms with E-state index in [0.717, 1.165) is 23.5 Å². The average Bonchev–Trinajstić information content (AvgIpc) is 3.25. The first kappa shape index (κ1) is 14.7. The monoisotopic (exact) mass is 327 g/mol. The predicted octanol–water partition coefficient (Wildman–Crippen LogP) is 2.16. The number of carbonyl (C=O) groups is 1. The quantitative estimate of drug-likeness (QED) is 0.853. The zero-order chi connectivity index (χ0) is 16.4. The zero-order valence-corrected chi connectivity index (χ0v) is 13.0. The van der Waals surface area contributed by atoms with Crippen LogP contribution in [0.4, 0.5) is 0 Å². The van der Waals surface area contributed by atoms with Crippen molar-refractivity contribution in [1.29, 1.82) is 0 Å². The Morgan fingerprint density at radius 1 is 1.04 bits per heavy atom. The smallest absolute Gasteiger partial charge is 0.251 e. The van der Waals surface area contributed by atoms with Crippen LogP contribution in [0.3, 0.4) is 0 Å². The van der Waals surface area contributed by atoms with Crippen LogP contribution in [-0.4, -0.2) is 32.5 Å². The number of ether oxygens (including phenoxy) is 4. The summed E-state index contributed by atoms with van der Waals surface area (Å²) >= 11 is 0. The summed E-state index contributed by atoms with van der Waals surface area (Å²) in [5, 5.41) is 2.85. The molecule has 0 fully saturated rings. The fourth-order valence-electron chi connectivity index (χ4n) is 2.73. The third kappa shape index (κ3) is 2.95. The van der Waals surface area contributed by atoms with Crippen LogP contribution in [0.2, 0.25) is 0 Å². The highest BCUT2D eigenvalue weighted by atomic mass is 16.7. The minimum absolute atomic E-state index is 0.112. The fraction of sp³-hybridized carbons (Fsp3) is 0.278. The Morgan fingerprint density at radius 2 is 1.92 bits per heavy atom. The van der Waals surface area contributed by atoms with Crippen LogP contribution in [0.1, 0.15) is 15.9 Å². The molecule has 1 N–H and O–H groups in total. The van der Waals surface area contributed by atoms with Crippen LogP contribution in [0, 0.1) is 0 Å². The van der Waals surface area contributed by atoms with Gasteiger partial charge in [0, 0.05) is 18.1 Å². The van der Waals surface area contributed by atoms with Gasteiger partial charge in [-0.3, -0.25) is 4.79 Å². The van der Waals surface area contributed by atoms with Crippen LogP contribution >= 0.6 is 0 Å². The highest BCUT2D eigenvalue weighted by Crippen LogP contribution is 2.35. The summed E-state index contributed by atoms with van der Waals surface area (Å²) in [5.74, 6) is 2.84. The molecule has 0 saturated heterocycles. The Balaban J connectivity index is 1.27. The second kappa shape index (κ2) is 6.31. The van der Waals surface area contributed by atoms with Crippen molar-refractivity contribution in [3.63, 3.8) is 0 Å². The average molecular weight is 327 g/mol. The lowest BCUT2D eigenvalue weighted by Gasteiger charge is -2.09. The fourth-order valence-corrected chi connectivity index (χ4v) is 2.73. The van der Waals surface area contributed by atoms with Gasteiger partial charge in [0.15, 0.2) is 11.5 Å². The highest BCUT2D eigenvalue weighted by Gasteiger charge is 2.15. The Morgan fingerprint density at radius 3 is 2.88 bits per heavy atom. The van der Waals surface area contributed by atoms with Crippen LogP contribution < -0.4 is 24.3 Å². The summed E-state index contributed by atoms with van der Waals surface area (Å²) in [5.41, 5.74) is 1.72. The normalized spacial score (nSPS) is 14.0. The van der Waals surface area contributed by atoms with E-state index in [0.29, 0.717) is 36.8 Å². The van der Waals surface area contributed by atoms with E-state index < -0.39 is 0 Å². The van der Waals surface area contributed by atoms with E-state index >= 15 is 0 Å². The van der Waals surface area contributed by atoms with Gasteiger partial charge in [-0.15, -0.1) is 0 Å². The lowest BCUT2D eigenvalue weighted by molar-refractivity contribution is 0.0947. The molecule has 124 valence electrons. The van der Waals surface area contributed by atoms with Crippen molar-refractivity contribution in [2.24, 2.45) is 0 Å². The number of rotatable bonds is 5. The zero-order valence-electron chi connectivity index (χ0n) is 13.0. The van der Waals surface area contributed by atoms with Gasteiger partial charge in [0.2, 0.25) is 6.79 Å². The van der Waals surface area contributed by atoms with E-state index in [1.807, 2.05) is 24.3 Å². The largest absolute Gasteiger partial charge is 0.493 e. The maximum atomic E-state index is 12.2. The van der Waals surface area contributed by atoms with Crippen molar-refractivity contribution in [2.45, 2.75) is 6.42 Å². The number of benzene rings is 2. The Labute approximate surface area is 139 Å². The van der Waals surface area contributed by atoms with Crippen molar-refractivity contribution < 1.29 is 23.7 Å². The molecule has 2 heterocycles. The van der Waals surface area contributed by atoms with E-state index in [9.17, 15) is 4.79 Å². The van der Waals surface area contributed by atoms with Crippen molar-refractivity contribution in [3.8, 4) is 23.0 Å².